The summed E-state index contributed by atoms with van der Waals surface area (Å²) in [5.74, 6) is 0. The third-order valence-electron chi connectivity index (χ3n) is 2.83. The fourth-order valence-electron chi connectivity index (χ4n) is 1.64. The summed E-state index contributed by atoms with van der Waals surface area (Å²) in [6, 6.07) is 4.93. The van der Waals surface area contributed by atoms with E-state index in [0.29, 0.717) is 17.3 Å². The Hall–Kier alpha value is -0.340. The van der Waals surface area contributed by atoms with Crippen molar-refractivity contribution in [3.63, 3.8) is 0 Å². The first kappa shape index (κ1) is 18.7. The second-order valence-electron chi connectivity index (χ2n) is 4.66. The van der Waals surface area contributed by atoms with Gasteiger partial charge >= 0.3 is 10.2 Å². The third kappa shape index (κ3) is 6.52. The van der Waals surface area contributed by atoms with Crippen LogP contribution in [0.2, 0.25) is 5.02 Å². The third-order valence-corrected chi connectivity index (χ3v) is 5.56. The van der Waals surface area contributed by atoms with Crippen molar-refractivity contribution < 1.29 is 8.42 Å². The molecule has 0 saturated heterocycles. The Morgan fingerprint density at radius 2 is 2.05 bits per heavy atom. The van der Waals surface area contributed by atoms with Crippen molar-refractivity contribution in [2.45, 2.75) is 19.8 Å². The van der Waals surface area contributed by atoms with Crippen LogP contribution < -0.4 is 10.0 Å². The molecule has 2 N–H and O–H groups in total. The van der Waals surface area contributed by atoms with E-state index in [-0.39, 0.29) is 0 Å². The summed E-state index contributed by atoms with van der Waals surface area (Å²) < 4.78 is 28.8. The number of rotatable bonds is 9. The molecule has 0 fully saturated rings. The van der Waals surface area contributed by atoms with E-state index in [0.717, 1.165) is 30.4 Å². The molecule has 1 aromatic rings. The fourth-order valence-corrected chi connectivity index (χ4v) is 3.01. The van der Waals surface area contributed by atoms with E-state index in [1.165, 1.54) is 4.31 Å². The van der Waals surface area contributed by atoms with Crippen molar-refractivity contribution in [1.82, 2.24) is 9.62 Å². The largest absolute Gasteiger partial charge is 0.317 e. The molecule has 0 aliphatic heterocycles. The Kier molecular flexibility index (Phi) is 7.97. The second-order valence-corrected chi connectivity index (χ2v) is 7.70. The molecule has 1 rings (SSSR count). The zero-order valence-electron chi connectivity index (χ0n) is 12.2. The maximum atomic E-state index is 12.2. The SMILES string of the molecule is CCCNCCCN(C)S(=O)(=O)Nc1ccc(Br)c(Cl)c1. The van der Waals surface area contributed by atoms with Crippen LogP contribution in [0, 0.1) is 0 Å². The molecule has 0 aliphatic rings. The predicted octanol–water partition coefficient (Wildman–Crippen LogP) is 3.08. The molecular formula is C13H21BrClN3O2S. The van der Waals surface area contributed by atoms with Gasteiger partial charge in [-0.1, -0.05) is 18.5 Å². The lowest BCUT2D eigenvalue weighted by atomic mass is 10.3. The van der Waals surface area contributed by atoms with Crippen LogP contribution in [0.25, 0.3) is 0 Å². The highest BCUT2D eigenvalue weighted by atomic mass is 79.9. The maximum Gasteiger partial charge on any atom is 0.301 e. The van der Waals surface area contributed by atoms with Crippen LogP contribution in [0.15, 0.2) is 22.7 Å². The minimum Gasteiger partial charge on any atom is -0.317 e. The Labute approximate surface area is 140 Å². The normalized spacial score (nSPS) is 11.9. The van der Waals surface area contributed by atoms with Crippen LogP contribution >= 0.6 is 27.5 Å². The van der Waals surface area contributed by atoms with Crippen molar-refractivity contribution in [2.75, 3.05) is 31.4 Å². The Morgan fingerprint density at radius 3 is 2.67 bits per heavy atom. The van der Waals surface area contributed by atoms with E-state index in [1.807, 2.05) is 0 Å². The molecule has 120 valence electrons. The van der Waals surface area contributed by atoms with Gasteiger partial charge in [0.15, 0.2) is 0 Å². The first-order chi connectivity index (χ1) is 9.86. The van der Waals surface area contributed by atoms with Crippen LogP contribution in [0.5, 0.6) is 0 Å². The predicted molar refractivity (Wildman–Crippen MR) is 92.1 cm³/mol. The number of hydrogen-bond donors (Lipinski definition) is 2. The van der Waals surface area contributed by atoms with Crippen LogP contribution in [-0.4, -0.2) is 39.4 Å². The standard InChI is InChI=1S/C13H21BrClN3O2S/c1-3-7-16-8-4-9-18(2)21(19,20)17-11-5-6-12(14)13(15)10-11/h5-6,10,16-17H,3-4,7-9H2,1-2H3. The summed E-state index contributed by atoms with van der Waals surface area (Å²) in [4.78, 5) is 0. The number of nitrogens with one attached hydrogen (secondary N) is 2. The highest BCUT2D eigenvalue weighted by molar-refractivity contribution is 9.10. The molecule has 21 heavy (non-hydrogen) atoms. The Bertz CT molecular complexity index is 554. The number of nitrogens with zero attached hydrogens (tertiary/aromatic N) is 1. The van der Waals surface area contributed by atoms with Crippen LogP contribution in [0.1, 0.15) is 19.8 Å². The van der Waals surface area contributed by atoms with Gasteiger partial charge in [0.1, 0.15) is 0 Å². The van der Waals surface area contributed by atoms with Crippen molar-refractivity contribution in [1.29, 1.82) is 0 Å². The van der Waals surface area contributed by atoms with Gasteiger partial charge in [0, 0.05) is 18.1 Å². The lowest BCUT2D eigenvalue weighted by molar-refractivity contribution is 0.458. The van der Waals surface area contributed by atoms with Gasteiger partial charge in [0.25, 0.3) is 0 Å². The van der Waals surface area contributed by atoms with Gasteiger partial charge in [-0.2, -0.15) is 12.7 Å². The molecule has 0 saturated carbocycles. The number of hydrogen-bond acceptors (Lipinski definition) is 3. The van der Waals surface area contributed by atoms with Crippen molar-refractivity contribution in [2.24, 2.45) is 0 Å². The van der Waals surface area contributed by atoms with Gasteiger partial charge in [-0.15, -0.1) is 0 Å². The molecule has 0 aliphatic carbocycles. The second kappa shape index (κ2) is 8.95. The van der Waals surface area contributed by atoms with Crippen LogP contribution in [0.4, 0.5) is 5.69 Å². The molecule has 0 bridgehead atoms. The quantitative estimate of drug-likeness (QED) is 0.628. The zero-order valence-corrected chi connectivity index (χ0v) is 15.4. The number of benzene rings is 1. The van der Waals surface area contributed by atoms with Gasteiger partial charge in [-0.25, -0.2) is 0 Å². The summed E-state index contributed by atoms with van der Waals surface area (Å²) in [5.41, 5.74) is 0.444. The molecule has 8 heteroatoms. The van der Waals surface area contributed by atoms with Gasteiger partial charge in [0.2, 0.25) is 0 Å². The first-order valence-electron chi connectivity index (χ1n) is 6.76. The van der Waals surface area contributed by atoms with Gasteiger partial charge in [-0.3, -0.25) is 4.72 Å². The van der Waals surface area contributed by atoms with Gasteiger partial charge in [0.05, 0.1) is 10.7 Å². The number of anilines is 1. The molecule has 0 spiro atoms. The van der Waals surface area contributed by atoms with Crippen molar-refractivity contribution in [3.8, 4) is 0 Å². The molecule has 0 unspecified atom stereocenters. The average molecular weight is 399 g/mol. The molecule has 5 nitrogen and oxygen atoms in total. The molecule has 0 heterocycles. The smallest absolute Gasteiger partial charge is 0.301 e. The van der Waals surface area contributed by atoms with E-state index in [1.54, 1.807) is 25.2 Å². The zero-order chi connectivity index (χ0) is 15.9. The Morgan fingerprint density at radius 1 is 1.33 bits per heavy atom. The van der Waals surface area contributed by atoms with Crippen LogP contribution in [0.3, 0.4) is 0 Å². The molecule has 0 atom stereocenters. The topological polar surface area (TPSA) is 61.4 Å². The minimum absolute atomic E-state index is 0.444. The monoisotopic (exact) mass is 397 g/mol. The van der Waals surface area contributed by atoms with E-state index in [2.05, 4.69) is 32.9 Å². The van der Waals surface area contributed by atoms with E-state index < -0.39 is 10.2 Å². The van der Waals surface area contributed by atoms with Crippen molar-refractivity contribution >= 4 is 43.4 Å². The molecule has 0 radical (unpaired) electrons. The first-order valence-corrected chi connectivity index (χ1v) is 9.37. The fraction of sp³-hybridized carbons (Fsp3) is 0.538. The molecular weight excluding hydrogens is 378 g/mol. The minimum atomic E-state index is -3.55. The highest BCUT2D eigenvalue weighted by Gasteiger charge is 2.17. The summed E-state index contributed by atoms with van der Waals surface area (Å²) in [5, 5.41) is 3.70. The van der Waals surface area contributed by atoms with Crippen molar-refractivity contribution in [3.05, 3.63) is 27.7 Å². The summed E-state index contributed by atoms with van der Waals surface area (Å²) in [6.45, 7) is 4.30. The molecule has 0 amide bonds. The summed E-state index contributed by atoms with van der Waals surface area (Å²) >= 11 is 9.22. The van der Waals surface area contributed by atoms with Crippen LogP contribution in [-0.2, 0) is 10.2 Å². The lowest BCUT2D eigenvalue weighted by Gasteiger charge is -2.18. The summed E-state index contributed by atoms with van der Waals surface area (Å²) in [7, 11) is -2.00. The summed E-state index contributed by atoms with van der Waals surface area (Å²) in [6.07, 6.45) is 1.83. The van der Waals surface area contributed by atoms with E-state index in [9.17, 15) is 8.42 Å². The molecule has 0 aromatic heterocycles. The van der Waals surface area contributed by atoms with E-state index in [4.69, 9.17) is 11.6 Å². The maximum absolute atomic E-state index is 12.2. The van der Waals surface area contributed by atoms with E-state index >= 15 is 0 Å². The van der Waals surface area contributed by atoms with Gasteiger partial charge < -0.3 is 5.32 Å². The van der Waals surface area contributed by atoms with Gasteiger partial charge in [-0.05, 0) is 60.1 Å². The average Bonchev–Trinajstić information content (AvgIpc) is 2.42. The lowest BCUT2D eigenvalue weighted by Crippen LogP contribution is -2.34. The highest BCUT2D eigenvalue weighted by Crippen LogP contribution is 2.26. The number of halogens is 2. The Balaban J connectivity index is 2.53. The molecule has 1 aromatic carbocycles.